The minimum Gasteiger partial charge on any atom is -0.115 e. The quantitative estimate of drug-likeness (QED) is 0.404. The Morgan fingerprint density at radius 1 is 0.286 bits per heavy atom. The number of thiol groups is 2. The molecule has 0 aromatic heterocycles. The first-order chi connectivity index (χ1) is 7.00. The van der Waals surface area contributed by atoms with Crippen LogP contribution >= 0.6 is 23.3 Å². The van der Waals surface area contributed by atoms with E-state index in [0.717, 1.165) is 0 Å². The van der Waals surface area contributed by atoms with Crippen molar-refractivity contribution in [3.05, 3.63) is 0 Å². The standard InChI is InChI=1S/2C6H12.H2S2/c2*1-2-4-6-5-3-1;1-2/h2*1-6H2;1-2H. The van der Waals surface area contributed by atoms with Gasteiger partial charge in [-0.15, -0.1) is 23.3 Å². The van der Waals surface area contributed by atoms with Crippen molar-refractivity contribution in [2.24, 2.45) is 0 Å². The van der Waals surface area contributed by atoms with Crippen LogP contribution in [-0.4, -0.2) is 0 Å². The van der Waals surface area contributed by atoms with Gasteiger partial charge < -0.3 is 0 Å². The van der Waals surface area contributed by atoms with Gasteiger partial charge in [-0.25, -0.2) is 0 Å². The van der Waals surface area contributed by atoms with Gasteiger partial charge in [-0.3, -0.25) is 0 Å². The molecule has 2 aliphatic rings. The Bertz CT molecular complexity index is 51.3. The van der Waals surface area contributed by atoms with Crippen LogP contribution in [0.3, 0.4) is 0 Å². The molecule has 2 aliphatic carbocycles. The minimum atomic E-state index is 1.50. The van der Waals surface area contributed by atoms with Crippen LogP contribution in [0.4, 0.5) is 0 Å². The van der Waals surface area contributed by atoms with Crippen molar-refractivity contribution < 1.29 is 0 Å². The maximum absolute atomic E-state index is 3.22. The lowest BCUT2D eigenvalue weighted by Crippen LogP contribution is -1.85. The van der Waals surface area contributed by atoms with Crippen molar-refractivity contribution >= 4 is 23.3 Å². The molecule has 0 nitrogen and oxygen atoms in total. The van der Waals surface area contributed by atoms with Crippen molar-refractivity contribution in [2.45, 2.75) is 77.0 Å². The van der Waals surface area contributed by atoms with E-state index < -0.39 is 0 Å². The van der Waals surface area contributed by atoms with Crippen molar-refractivity contribution in [3.8, 4) is 0 Å². The summed E-state index contributed by atoms with van der Waals surface area (Å²) in [4.78, 5) is 0. The van der Waals surface area contributed by atoms with Crippen LogP contribution in [-0.2, 0) is 0 Å². The molecule has 0 aliphatic heterocycles. The van der Waals surface area contributed by atoms with Crippen LogP contribution in [0.5, 0.6) is 0 Å². The second-order valence-electron chi connectivity index (χ2n) is 4.24. The van der Waals surface area contributed by atoms with E-state index in [1.54, 1.807) is 0 Å². The Morgan fingerprint density at radius 2 is 0.357 bits per heavy atom. The van der Waals surface area contributed by atoms with E-state index in [1.165, 1.54) is 77.0 Å². The molecule has 2 saturated carbocycles. The maximum Gasteiger partial charge on any atom is -0.0533 e. The van der Waals surface area contributed by atoms with Gasteiger partial charge in [0.25, 0.3) is 0 Å². The summed E-state index contributed by atoms with van der Waals surface area (Å²) in [5.41, 5.74) is 0. The first-order valence-electron chi connectivity index (χ1n) is 6.20. The fourth-order valence-electron chi connectivity index (χ4n) is 2.12. The molecular weight excluding hydrogens is 208 g/mol. The molecule has 0 heterocycles. The Kier molecular flexibility index (Phi) is 14.4. The van der Waals surface area contributed by atoms with E-state index in [2.05, 4.69) is 23.3 Å². The third-order valence-corrected chi connectivity index (χ3v) is 3.00. The largest absolute Gasteiger partial charge is 0.115 e. The second-order valence-corrected chi connectivity index (χ2v) is 4.24. The maximum atomic E-state index is 3.22. The van der Waals surface area contributed by atoms with E-state index in [-0.39, 0.29) is 0 Å². The van der Waals surface area contributed by atoms with Crippen molar-refractivity contribution in [2.75, 3.05) is 0 Å². The topological polar surface area (TPSA) is 0 Å². The fourth-order valence-corrected chi connectivity index (χ4v) is 2.12. The average Bonchev–Trinajstić information content (AvgIpc) is 2.37. The average molecular weight is 234 g/mol. The van der Waals surface area contributed by atoms with Gasteiger partial charge in [0.2, 0.25) is 0 Å². The first kappa shape index (κ1) is 14.7. The molecule has 2 heteroatoms. The van der Waals surface area contributed by atoms with Gasteiger partial charge >= 0.3 is 0 Å². The summed E-state index contributed by atoms with van der Waals surface area (Å²) >= 11 is 6.44. The Hall–Kier alpha value is 0.700. The molecule has 86 valence electrons. The lowest BCUT2D eigenvalue weighted by Gasteiger charge is -2.05. The highest BCUT2D eigenvalue weighted by Crippen LogP contribution is 2.15. The summed E-state index contributed by atoms with van der Waals surface area (Å²) in [5.74, 6) is 0. The highest BCUT2D eigenvalue weighted by molar-refractivity contribution is 8.59. The molecule has 0 N–H and O–H groups in total. The Labute approximate surface area is 100 Å². The lowest BCUT2D eigenvalue weighted by atomic mass is 10.0. The fraction of sp³-hybridized carbons (Fsp3) is 1.00. The zero-order valence-electron chi connectivity index (χ0n) is 9.38. The van der Waals surface area contributed by atoms with Gasteiger partial charge in [0.1, 0.15) is 0 Å². The first-order valence-corrected chi connectivity index (χ1v) is 7.80. The van der Waals surface area contributed by atoms with E-state index in [9.17, 15) is 0 Å². The van der Waals surface area contributed by atoms with Gasteiger partial charge in [0.15, 0.2) is 0 Å². The van der Waals surface area contributed by atoms with E-state index in [0.29, 0.717) is 0 Å². The zero-order valence-corrected chi connectivity index (χ0v) is 11.2. The molecule has 0 aromatic rings. The summed E-state index contributed by atoms with van der Waals surface area (Å²) < 4.78 is 0. The van der Waals surface area contributed by atoms with Crippen LogP contribution in [0.1, 0.15) is 77.0 Å². The zero-order chi connectivity index (χ0) is 10.5. The summed E-state index contributed by atoms with van der Waals surface area (Å²) in [6.07, 6.45) is 18.0. The highest BCUT2D eigenvalue weighted by atomic mass is 33.1. The van der Waals surface area contributed by atoms with E-state index >= 15 is 0 Å². The normalized spacial score (nSPS) is 21.0. The van der Waals surface area contributed by atoms with Gasteiger partial charge in [0, 0.05) is 0 Å². The summed E-state index contributed by atoms with van der Waals surface area (Å²) in [6.45, 7) is 0. The molecule has 2 rings (SSSR count). The smallest absolute Gasteiger partial charge is 0.0533 e. The third-order valence-electron chi connectivity index (χ3n) is 3.00. The SMILES string of the molecule is C1CCCCC1.C1CCCCC1.SS. The van der Waals surface area contributed by atoms with Gasteiger partial charge in [-0.1, -0.05) is 77.0 Å². The highest BCUT2D eigenvalue weighted by Gasteiger charge is 1.96. The monoisotopic (exact) mass is 234 g/mol. The molecule has 0 spiro atoms. The van der Waals surface area contributed by atoms with Crippen LogP contribution in [0.15, 0.2) is 0 Å². The Morgan fingerprint density at radius 3 is 0.429 bits per heavy atom. The van der Waals surface area contributed by atoms with Crippen LogP contribution in [0, 0.1) is 0 Å². The van der Waals surface area contributed by atoms with Gasteiger partial charge in [-0.2, -0.15) is 0 Å². The third kappa shape index (κ3) is 10.8. The second kappa shape index (κ2) is 13.7. The number of rotatable bonds is 0. The molecular formula is C12H26S2. The molecule has 2 fully saturated rings. The molecule has 0 radical (unpaired) electrons. The van der Waals surface area contributed by atoms with Crippen LogP contribution in [0.25, 0.3) is 0 Å². The van der Waals surface area contributed by atoms with Gasteiger partial charge in [0.05, 0.1) is 0 Å². The summed E-state index contributed by atoms with van der Waals surface area (Å²) in [7, 11) is 0. The number of hydrogen-bond acceptors (Lipinski definition) is 2. The van der Waals surface area contributed by atoms with E-state index in [4.69, 9.17) is 0 Å². The lowest BCUT2D eigenvalue weighted by molar-refractivity contribution is 0.504. The molecule has 0 bridgehead atoms. The Balaban J connectivity index is 0.000000206. The predicted molar refractivity (Wildman–Crippen MR) is 73.4 cm³/mol. The predicted octanol–water partition coefficient (Wildman–Crippen LogP) is 5.44. The van der Waals surface area contributed by atoms with Crippen molar-refractivity contribution in [3.63, 3.8) is 0 Å². The number of hydrogen-bond donors (Lipinski definition) is 2. The minimum absolute atomic E-state index is 1.50. The van der Waals surface area contributed by atoms with Crippen LogP contribution in [0.2, 0.25) is 0 Å². The van der Waals surface area contributed by atoms with Crippen molar-refractivity contribution in [1.82, 2.24) is 0 Å². The molecule has 0 atom stereocenters. The molecule has 0 aromatic carbocycles. The molecule has 0 unspecified atom stereocenters. The summed E-state index contributed by atoms with van der Waals surface area (Å²) in [5, 5.41) is 0. The molecule has 0 saturated heterocycles. The van der Waals surface area contributed by atoms with Gasteiger partial charge in [-0.05, 0) is 0 Å². The summed E-state index contributed by atoms with van der Waals surface area (Å²) in [6, 6.07) is 0. The van der Waals surface area contributed by atoms with Crippen LogP contribution < -0.4 is 0 Å². The van der Waals surface area contributed by atoms with E-state index in [1.807, 2.05) is 0 Å². The molecule has 14 heavy (non-hydrogen) atoms. The molecule has 0 amide bonds. The van der Waals surface area contributed by atoms with Crippen molar-refractivity contribution in [1.29, 1.82) is 0 Å².